The van der Waals surface area contributed by atoms with Crippen molar-refractivity contribution in [3.63, 3.8) is 0 Å². The van der Waals surface area contributed by atoms with Gasteiger partial charge in [-0.1, -0.05) is 0 Å². The SMILES string of the molecule is CCOC(=O)c1ccc(-c2cn[nH]n2)nc1. The van der Waals surface area contributed by atoms with E-state index in [9.17, 15) is 4.79 Å². The van der Waals surface area contributed by atoms with E-state index in [1.807, 2.05) is 0 Å². The minimum Gasteiger partial charge on any atom is -0.462 e. The maximum Gasteiger partial charge on any atom is 0.339 e. The van der Waals surface area contributed by atoms with Crippen LogP contribution in [0.15, 0.2) is 24.5 Å². The molecule has 0 saturated heterocycles. The molecule has 0 aliphatic rings. The fourth-order valence-corrected chi connectivity index (χ4v) is 1.21. The van der Waals surface area contributed by atoms with Gasteiger partial charge in [0.05, 0.1) is 24.1 Å². The molecule has 0 spiro atoms. The maximum atomic E-state index is 11.3. The van der Waals surface area contributed by atoms with Crippen LogP contribution in [0, 0.1) is 0 Å². The molecule has 82 valence electrons. The summed E-state index contributed by atoms with van der Waals surface area (Å²) in [6.07, 6.45) is 3.02. The predicted molar refractivity (Wildman–Crippen MR) is 55.6 cm³/mol. The number of carbonyl (C=O) groups excluding carboxylic acids is 1. The molecule has 0 fully saturated rings. The summed E-state index contributed by atoms with van der Waals surface area (Å²) < 4.78 is 4.85. The maximum absolute atomic E-state index is 11.3. The van der Waals surface area contributed by atoms with Crippen LogP contribution < -0.4 is 0 Å². The zero-order valence-corrected chi connectivity index (χ0v) is 8.67. The van der Waals surface area contributed by atoms with Gasteiger partial charge in [0, 0.05) is 6.20 Å². The largest absolute Gasteiger partial charge is 0.462 e. The van der Waals surface area contributed by atoms with Crippen molar-refractivity contribution in [1.29, 1.82) is 0 Å². The molecule has 0 bridgehead atoms. The van der Waals surface area contributed by atoms with Crippen molar-refractivity contribution in [2.75, 3.05) is 6.61 Å². The molecule has 6 nitrogen and oxygen atoms in total. The number of pyridine rings is 1. The number of carbonyl (C=O) groups is 1. The number of hydrogen-bond acceptors (Lipinski definition) is 5. The van der Waals surface area contributed by atoms with Gasteiger partial charge in [-0.3, -0.25) is 4.98 Å². The van der Waals surface area contributed by atoms with Crippen molar-refractivity contribution in [1.82, 2.24) is 20.4 Å². The van der Waals surface area contributed by atoms with Gasteiger partial charge in [-0.2, -0.15) is 15.4 Å². The summed E-state index contributed by atoms with van der Waals surface area (Å²) in [4.78, 5) is 15.4. The van der Waals surface area contributed by atoms with Gasteiger partial charge in [0.2, 0.25) is 0 Å². The van der Waals surface area contributed by atoms with Gasteiger partial charge in [-0.25, -0.2) is 4.79 Å². The third-order valence-electron chi connectivity index (χ3n) is 1.95. The molecule has 0 aromatic carbocycles. The van der Waals surface area contributed by atoms with Crippen LogP contribution in [0.5, 0.6) is 0 Å². The van der Waals surface area contributed by atoms with Gasteiger partial charge in [-0.15, -0.1) is 0 Å². The van der Waals surface area contributed by atoms with Gasteiger partial charge in [-0.05, 0) is 19.1 Å². The van der Waals surface area contributed by atoms with Crippen molar-refractivity contribution in [2.45, 2.75) is 6.92 Å². The van der Waals surface area contributed by atoms with Crippen molar-refractivity contribution in [3.8, 4) is 11.4 Å². The van der Waals surface area contributed by atoms with Crippen LogP contribution in [-0.2, 0) is 4.74 Å². The third kappa shape index (κ3) is 2.05. The first kappa shape index (κ1) is 10.3. The molecule has 0 aliphatic heterocycles. The Balaban J connectivity index is 2.20. The second-order valence-electron chi connectivity index (χ2n) is 3.01. The first-order valence-corrected chi connectivity index (χ1v) is 4.80. The van der Waals surface area contributed by atoms with Crippen molar-refractivity contribution in [2.24, 2.45) is 0 Å². The van der Waals surface area contributed by atoms with Crippen molar-refractivity contribution >= 4 is 5.97 Å². The highest BCUT2D eigenvalue weighted by molar-refractivity contribution is 5.89. The topological polar surface area (TPSA) is 80.8 Å². The van der Waals surface area contributed by atoms with Crippen LogP contribution in [0.2, 0.25) is 0 Å². The zero-order chi connectivity index (χ0) is 11.4. The normalized spacial score (nSPS) is 10.1. The van der Waals surface area contributed by atoms with Crippen LogP contribution in [0.1, 0.15) is 17.3 Å². The quantitative estimate of drug-likeness (QED) is 0.778. The molecular formula is C10H10N4O2. The Morgan fingerprint density at radius 2 is 2.25 bits per heavy atom. The highest BCUT2D eigenvalue weighted by atomic mass is 16.5. The van der Waals surface area contributed by atoms with Crippen molar-refractivity contribution in [3.05, 3.63) is 30.1 Å². The summed E-state index contributed by atoms with van der Waals surface area (Å²) in [7, 11) is 0. The van der Waals surface area contributed by atoms with E-state index in [1.165, 1.54) is 6.20 Å². The fraction of sp³-hybridized carbons (Fsp3) is 0.200. The number of nitrogens with zero attached hydrogens (tertiary/aromatic N) is 3. The summed E-state index contributed by atoms with van der Waals surface area (Å²) in [5.74, 6) is -0.373. The first-order valence-electron chi connectivity index (χ1n) is 4.80. The van der Waals surface area contributed by atoms with E-state index in [2.05, 4.69) is 20.4 Å². The predicted octanol–water partition coefficient (Wildman–Crippen LogP) is 1.04. The summed E-state index contributed by atoms with van der Waals surface area (Å²) in [6.45, 7) is 2.11. The minimum atomic E-state index is -0.373. The van der Waals surface area contributed by atoms with Gasteiger partial charge < -0.3 is 4.74 Å². The van der Waals surface area contributed by atoms with Gasteiger partial charge in [0.25, 0.3) is 0 Å². The van der Waals surface area contributed by atoms with Crippen LogP contribution in [0.4, 0.5) is 0 Å². The standard InChI is InChI=1S/C10H10N4O2/c1-2-16-10(15)7-3-4-8(11-5-7)9-6-12-14-13-9/h3-6H,2H2,1H3,(H,12,13,14). The lowest BCUT2D eigenvalue weighted by molar-refractivity contribution is 0.0526. The molecule has 0 radical (unpaired) electrons. The lowest BCUT2D eigenvalue weighted by Gasteiger charge is -2.01. The summed E-state index contributed by atoms with van der Waals surface area (Å²) in [6, 6.07) is 3.35. The van der Waals surface area contributed by atoms with Crippen molar-refractivity contribution < 1.29 is 9.53 Å². The molecule has 0 unspecified atom stereocenters. The Labute approximate surface area is 91.7 Å². The van der Waals surface area contributed by atoms with Gasteiger partial charge >= 0.3 is 5.97 Å². The fourth-order valence-electron chi connectivity index (χ4n) is 1.21. The van der Waals surface area contributed by atoms with Crippen LogP contribution in [0.3, 0.4) is 0 Å². The summed E-state index contributed by atoms with van der Waals surface area (Å²) in [5, 5.41) is 10.1. The molecule has 0 aliphatic carbocycles. The number of hydrogen-bond donors (Lipinski definition) is 1. The lowest BCUT2D eigenvalue weighted by Crippen LogP contribution is -2.04. The lowest BCUT2D eigenvalue weighted by atomic mass is 10.2. The molecule has 0 atom stereocenters. The molecule has 2 heterocycles. The third-order valence-corrected chi connectivity index (χ3v) is 1.95. The average Bonchev–Trinajstić information content (AvgIpc) is 2.83. The van der Waals surface area contributed by atoms with Crippen LogP contribution in [-0.4, -0.2) is 33.0 Å². The highest BCUT2D eigenvalue weighted by Gasteiger charge is 2.08. The average molecular weight is 218 g/mol. The van der Waals surface area contributed by atoms with E-state index in [1.54, 1.807) is 25.3 Å². The van der Waals surface area contributed by atoms with Crippen LogP contribution in [0.25, 0.3) is 11.4 Å². The molecule has 1 N–H and O–H groups in total. The summed E-state index contributed by atoms with van der Waals surface area (Å²) in [5.41, 5.74) is 1.71. The Hall–Kier alpha value is -2.24. The molecule has 0 saturated carbocycles. The Morgan fingerprint density at radius 3 is 2.81 bits per heavy atom. The van der Waals surface area contributed by atoms with E-state index in [0.717, 1.165) is 0 Å². The molecule has 2 aromatic heterocycles. The molecule has 16 heavy (non-hydrogen) atoms. The van der Waals surface area contributed by atoms with Gasteiger partial charge in [0.1, 0.15) is 5.69 Å². The monoisotopic (exact) mass is 218 g/mol. The highest BCUT2D eigenvalue weighted by Crippen LogP contribution is 2.12. The number of aromatic amines is 1. The van der Waals surface area contributed by atoms with E-state index in [4.69, 9.17) is 4.74 Å². The smallest absolute Gasteiger partial charge is 0.339 e. The molecule has 2 aromatic rings. The minimum absolute atomic E-state index is 0.351. The Bertz CT molecular complexity index is 464. The van der Waals surface area contributed by atoms with Crippen LogP contribution >= 0.6 is 0 Å². The number of rotatable bonds is 3. The van der Waals surface area contributed by atoms with E-state index >= 15 is 0 Å². The number of nitrogens with one attached hydrogen (secondary N) is 1. The second-order valence-corrected chi connectivity index (χ2v) is 3.01. The molecule has 6 heteroatoms. The van der Waals surface area contributed by atoms with E-state index in [-0.39, 0.29) is 5.97 Å². The van der Waals surface area contributed by atoms with E-state index in [0.29, 0.717) is 23.6 Å². The molecular weight excluding hydrogens is 208 g/mol. The number of ether oxygens (including phenoxy) is 1. The molecule has 2 rings (SSSR count). The zero-order valence-electron chi connectivity index (χ0n) is 8.67. The van der Waals surface area contributed by atoms with E-state index < -0.39 is 0 Å². The number of H-pyrrole nitrogens is 1. The van der Waals surface area contributed by atoms with Gasteiger partial charge in [0.15, 0.2) is 0 Å². The Morgan fingerprint density at radius 1 is 1.38 bits per heavy atom. The second kappa shape index (κ2) is 4.52. The number of aromatic nitrogens is 4. The first-order chi connectivity index (χ1) is 7.81. The summed E-state index contributed by atoms with van der Waals surface area (Å²) >= 11 is 0. The number of esters is 1. The molecule has 0 amide bonds. The Kier molecular flexibility index (Phi) is 2.90.